The summed E-state index contributed by atoms with van der Waals surface area (Å²) in [4.78, 5) is 12.6. The van der Waals surface area contributed by atoms with E-state index in [-0.39, 0.29) is 0 Å². The second-order valence-corrected chi connectivity index (χ2v) is 11.2. The van der Waals surface area contributed by atoms with Gasteiger partial charge >= 0.3 is 6.09 Å². The zero-order chi connectivity index (χ0) is 23.3. The summed E-state index contributed by atoms with van der Waals surface area (Å²) in [6, 6.07) is 14.2. The maximum Gasteiger partial charge on any atom is 0.412 e. The lowest BCUT2D eigenvalue weighted by molar-refractivity contribution is 0.0418. The van der Waals surface area contributed by atoms with Gasteiger partial charge in [-0.05, 0) is 98.9 Å². The first-order valence-corrected chi connectivity index (χ1v) is 13.5. The predicted octanol–water partition coefficient (Wildman–Crippen LogP) is 6.89. The van der Waals surface area contributed by atoms with Gasteiger partial charge in [0, 0.05) is 5.56 Å². The molecule has 0 radical (unpaired) electrons. The van der Waals surface area contributed by atoms with Gasteiger partial charge in [-0.1, -0.05) is 31.4 Å². The molecule has 5 nitrogen and oxygen atoms in total. The van der Waals surface area contributed by atoms with Crippen LogP contribution in [0.5, 0.6) is 5.75 Å². The van der Waals surface area contributed by atoms with Crippen LogP contribution in [0.4, 0.5) is 10.5 Å². The van der Waals surface area contributed by atoms with E-state index in [0.717, 1.165) is 41.2 Å². The molecule has 0 aromatic heterocycles. The number of benzene rings is 2. The standard InChI is InChI=1S/C27H35NO4S/c1-27(2)24-19-22(13-16-25(24)28-26(29)32-27)31-17-7-4-8-18-33(30)23-14-11-21(12-15-23)20-9-5-3-6-10-20/h11-16,19-20H,3-10,17-18H2,1-2H3,(H,28,29). The van der Waals surface area contributed by atoms with Crippen LogP contribution in [-0.4, -0.2) is 23.0 Å². The maximum absolute atomic E-state index is 12.6. The second kappa shape index (κ2) is 10.8. The Bertz CT molecular complexity index is 938. The molecule has 2 aromatic carbocycles. The Labute approximate surface area is 200 Å². The quantitative estimate of drug-likeness (QED) is 0.321. The van der Waals surface area contributed by atoms with Crippen LogP contribution >= 0.6 is 0 Å². The molecule has 0 saturated heterocycles. The van der Waals surface area contributed by atoms with Gasteiger partial charge in [0.15, 0.2) is 4.90 Å². The molecule has 1 heterocycles. The third kappa shape index (κ3) is 6.24. The van der Waals surface area contributed by atoms with E-state index in [0.29, 0.717) is 18.3 Å². The van der Waals surface area contributed by atoms with Gasteiger partial charge in [-0.15, -0.1) is 0 Å². The Morgan fingerprint density at radius 2 is 1.82 bits per heavy atom. The number of carbonyl (C=O) groups excluding carboxylic acids is 1. The van der Waals surface area contributed by atoms with Crippen LogP contribution in [0.25, 0.3) is 0 Å². The van der Waals surface area contributed by atoms with E-state index in [9.17, 15) is 9.35 Å². The maximum atomic E-state index is 12.6. The van der Waals surface area contributed by atoms with Gasteiger partial charge in [-0.2, -0.15) is 0 Å². The lowest BCUT2D eigenvalue weighted by Crippen LogP contribution is -2.34. The molecule has 1 aliphatic carbocycles. The number of cyclic esters (lactones) is 1. The molecule has 33 heavy (non-hydrogen) atoms. The summed E-state index contributed by atoms with van der Waals surface area (Å²) in [6.45, 7) is 4.35. The van der Waals surface area contributed by atoms with Gasteiger partial charge in [0.1, 0.15) is 17.1 Å². The molecule has 1 N–H and O–H groups in total. The molecule has 1 aliphatic heterocycles. The topological polar surface area (TPSA) is 70.6 Å². The van der Waals surface area contributed by atoms with Crippen LogP contribution in [-0.2, 0) is 21.5 Å². The van der Waals surface area contributed by atoms with Crippen molar-refractivity contribution in [1.82, 2.24) is 0 Å². The van der Waals surface area contributed by atoms with Crippen LogP contribution in [0.3, 0.4) is 0 Å². The molecule has 6 heteroatoms. The highest BCUT2D eigenvalue weighted by Gasteiger charge is 2.33. The highest BCUT2D eigenvalue weighted by Crippen LogP contribution is 2.37. The van der Waals surface area contributed by atoms with Crippen molar-refractivity contribution < 1.29 is 18.8 Å². The summed E-state index contributed by atoms with van der Waals surface area (Å²) in [5.41, 5.74) is 2.39. The van der Waals surface area contributed by atoms with Crippen molar-refractivity contribution in [2.24, 2.45) is 0 Å². The molecule has 1 atom stereocenters. The first kappa shape index (κ1) is 24.0. The molecule has 1 fully saturated rings. The number of amides is 1. The fraction of sp³-hybridized carbons (Fsp3) is 0.519. The monoisotopic (exact) mass is 469 g/mol. The van der Waals surface area contributed by atoms with E-state index in [4.69, 9.17) is 9.47 Å². The second-order valence-electron chi connectivity index (χ2n) is 9.59. The van der Waals surface area contributed by atoms with E-state index in [1.807, 2.05) is 32.0 Å². The molecule has 2 aliphatic rings. The minimum atomic E-state index is -0.941. The number of nitrogens with one attached hydrogen (secondary N) is 1. The third-order valence-electron chi connectivity index (χ3n) is 6.69. The van der Waals surface area contributed by atoms with E-state index >= 15 is 0 Å². The number of rotatable bonds is 9. The number of anilines is 1. The van der Waals surface area contributed by atoms with Gasteiger partial charge in [0.2, 0.25) is 0 Å². The highest BCUT2D eigenvalue weighted by molar-refractivity contribution is 7.91. The largest absolute Gasteiger partial charge is 0.611 e. The Hall–Kier alpha value is -2.18. The smallest absolute Gasteiger partial charge is 0.412 e. The zero-order valence-corrected chi connectivity index (χ0v) is 20.5. The lowest BCUT2D eigenvalue weighted by atomic mass is 9.84. The average Bonchev–Trinajstić information content (AvgIpc) is 2.81. The van der Waals surface area contributed by atoms with Gasteiger partial charge in [0.25, 0.3) is 0 Å². The number of carbonyl (C=O) groups is 1. The van der Waals surface area contributed by atoms with Crippen molar-refractivity contribution in [3.63, 3.8) is 0 Å². The summed E-state index contributed by atoms with van der Waals surface area (Å²) in [5.74, 6) is 2.14. The molecular formula is C27H35NO4S. The van der Waals surface area contributed by atoms with E-state index < -0.39 is 22.9 Å². The molecule has 1 amide bonds. The molecular weight excluding hydrogens is 434 g/mol. The Morgan fingerprint density at radius 3 is 2.58 bits per heavy atom. The van der Waals surface area contributed by atoms with E-state index in [2.05, 4.69) is 29.6 Å². The van der Waals surface area contributed by atoms with Crippen molar-refractivity contribution in [2.45, 2.75) is 81.6 Å². The zero-order valence-electron chi connectivity index (χ0n) is 19.7. The number of ether oxygens (including phenoxy) is 2. The molecule has 1 saturated carbocycles. The van der Waals surface area contributed by atoms with Crippen LogP contribution < -0.4 is 10.1 Å². The van der Waals surface area contributed by atoms with E-state index in [1.165, 1.54) is 37.7 Å². The summed E-state index contributed by atoms with van der Waals surface area (Å²) in [5, 5.41) is 2.72. The van der Waals surface area contributed by atoms with Crippen molar-refractivity contribution in [1.29, 1.82) is 0 Å². The fourth-order valence-corrected chi connectivity index (χ4v) is 5.93. The van der Waals surface area contributed by atoms with Crippen molar-refractivity contribution in [3.05, 3.63) is 53.6 Å². The molecule has 2 aromatic rings. The van der Waals surface area contributed by atoms with Crippen LogP contribution in [0, 0.1) is 0 Å². The molecule has 178 valence electrons. The highest BCUT2D eigenvalue weighted by atomic mass is 32.2. The fourth-order valence-electron chi connectivity index (χ4n) is 4.79. The van der Waals surface area contributed by atoms with Gasteiger partial charge in [0.05, 0.1) is 12.3 Å². The summed E-state index contributed by atoms with van der Waals surface area (Å²) >= 11 is -0.941. The first-order valence-electron chi connectivity index (χ1n) is 12.2. The minimum absolute atomic E-state index is 0.432. The minimum Gasteiger partial charge on any atom is -0.611 e. The first-order chi connectivity index (χ1) is 15.9. The van der Waals surface area contributed by atoms with Gasteiger partial charge < -0.3 is 14.0 Å². The number of unbranched alkanes of at least 4 members (excludes halogenated alkanes) is 2. The molecule has 1 unspecified atom stereocenters. The number of hydrogen-bond donors (Lipinski definition) is 1. The Kier molecular flexibility index (Phi) is 7.86. The van der Waals surface area contributed by atoms with Crippen molar-refractivity contribution in [2.75, 3.05) is 17.7 Å². The number of hydrogen-bond acceptors (Lipinski definition) is 4. The average molecular weight is 470 g/mol. The molecule has 0 spiro atoms. The lowest BCUT2D eigenvalue weighted by Gasteiger charge is -2.32. The van der Waals surface area contributed by atoms with Crippen molar-refractivity contribution >= 4 is 23.0 Å². The summed E-state index contributed by atoms with van der Waals surface area (Å²) < 4.78 is 23.9. The van der Waals surface area contributed by atoms with E-state index in [1.54, 1.807) is 0 Å². The van der Waals surface area contributed by atoms with Gasteiger partial charge in [-0.25, -0.2) is 4.79 Å². The SMILES string of the molecule is CC1(C)OC(=O)Nc2ccc(OCCCCC[S+]([O-])c3ccc(C4CCCCC4)cc3)cc21. The summed E-state index contributed by atoms with van der Waals surface area (Å²) in [7, 11) is 0. The normalized spacial score (nSPS) is 18.7. The predicted molar refractivity (Wildman–Crippen MR) is 132 cm³/mol. The Balaban J connectivity index is 1.17. The summed E-state index contributed by atoms with van der Waals surface area (Å²) in [6.07, 6.45) is 8.97. The van der Waals surface area contributed by atoms with Crippen LogP contribution in [0.2, 0.25) is 0 Å². The van der Waals surface area contributed by atoms with Crippen LogP contribution in [0.15, 0.2) is 47.4 Å². The molecule has 0 bridgehead atoms. The van der Waals surface area contributed by atoms with Crippen LogP contribution in [0.1, 0.15) is 82.3 Å². The number of fused-ring (bicyclic) bond motifs is 1. The van der Waals surface area contributed by atoms with Gasteiger partial charge in [-0.3, -0.25) is 5.32 Å². The molecule has 4 rings (SSSR count). The van der Waals surface area contributed by atoms with Crippen molar-refractivity contribution in [3.8, 4) is 5.75 Å². The Morgan fingerprint density at radius 1 is 1.06 bits per heavy atom. The third-order valence-corrected chi connectivity index (χ3v) is 8.14.